The number of rotatable bonds is 4. The molecule has 2 fully saturated rings. The molecular formula is C35H44Cl2Zr. The fraction of sp³-hybridized carbons (Fsp3) is 0.514. The summed E-state index contributed by atoms with van der Waals surface area (Å²) in [6.45, 7) is 4.99. The molecule has 2 unspecified atom stereocenters. The first-order valence-corrected chi connectivity index (χ1v) is 19.1. The summed E-state index contributed by atoms with van der Waals surface area (Å²) < 4.78 is 3.16. The maximum absolute atomic E-state index is 2.84. The molecule has 0 saturated heterocycles. The van der Waals surface area contributed by atoms with E-state index >= 15 is 0 Å². The van der Waals surface area contributed by atoms with Gasteiger partial charge in [-0.3, -0.25) is 0 Å². The number of halogens is 2. The van der Waals surface area contributed by atoms with Crippen LogP contribution < -0.4 is 24.8 Å². The molecule has 0 amide bonds. The summed E-state index contributed by atoms with van der Waals surface area (Å²) in [6.07, 6.45) is 22.7. The first kappa shape index (κ1) is 30.2. The van der Waals surface area contributed by atoms with Crippen LogP contribution in [0.5, 0.6) is 0 Å². The Morgan fingerprint density at radius 3 is 1.29 bits per heavy atom. The zero-order valence-electron chi connectivity index (χ0n) is 23.3. The SMILES string of the molecule is C[C](C)=[Zr+2]([CH]1C=C(C2CCCCCC2)c2ccccc21)[CH]1C=C(C2CCCCCC2)c2ccccc21.[Cl-].[Cl-]. The van der Waals surface area contributed by atoms with Crippen molar-refractivity contribution in [2.24, 2.45) is 11.8 Å². The average Bonchev–Trinajstić information content (AvgIpc) is 3.17. The Morgan fingerprint density at radius 1 is 0.553 bits per heavy atom. The van der Waals surface area contributed by atoms with Crippen LogP contribution in [0.15, 0.2) is 60.7 Å². The van der Waals surface area contributed by atoms with Crippen LogP contribution in [0, 0.1) is 11.8 Å². The maximum Gasteiger partial charge on any atom is -1.00 e. The van der Waals surface area contributed by atoms with E-state index in [9.17, 15) is 0 Å². The van der Waals surface area contributed by atoms with Crippen molar-refractivity contribution >= 4 is 14.4 Å². The van der Waals surface area contributed by atoms with Crippen molar-refractivity contribution in [1.29, 1.82) is 0 Å². The molecule has 0 radical (unpaired) electrons. The molecule has 2 aromatic rings. The zero-order valence-corrected chi connectivity index (χ0v) is 27.3. The molecule has 0 aliphatic heterocycles. The van der Waals surface area contributed by atoms with Gasteiger partial charge < -0.3 is 24.8 Å². The molecule has 38 heavy (non-hydrogen) atoms. The molecule has 0 spiro atoms. The van der Waals surface area contributed by atoms with Gasteiger partial charge in [-0.25, -0.2) is 0 Å². The van der Waals surface area contributed by atoms with E-state index in [1.165, 1.54) is 77.0 Å². The van der Waals surface area contributed by atoms with Crippen molar-refractivity contribution in [3.8, 4) is 0 Å². The van der Waals surface area contributed by atoms with Crippen molar-refractivity contribution in [1.82, 2.24) is 0 Å². The zero-order chi connectivity index (χ0) is 24.5. The Balaban J connectivity index is 0.00000168. The van der Waals surface area contributed by atoms with Gasteiger partial charge in [0.05, 0.1) is 0 Å². The summed E-state index contributed by atoms with van der Waals surface area (Å²) >= 11 is -2.10. The smallest absolute Gasteiger partial charge is 1.00 e. The van der Waals surface area contributed by atoms with E-state index in [4.69, 9.17) is 0 Å². The molecule has 0 aromatic heterocycles. The second-order valence-corrected chi connectivity index (χ2v) is 20.0. The van der Waals surface area contributed by atoms with E-state index in [1.54, 1.807) is 36.6 Å². The summed E-state index contributed by atoms with van der Waals surface area (Å²) in [5.74, 6) is 1.57. The fourth-order valence-corrected chi connectivity index (χ4v) is 16.7. The maximum atomic E-state index is 2.84. The minimum absolute atomic E-state index is 0. The van der Waals surface area contributed by atoms with Gasteiger partial charge in [-0.15, -0.1) is 0 Å². The van der Waals surface area contributed by atoms with Gasteiger partial charge in [-0.05, 0) is 0 Å². The van der Waals surface area contributed by atoms with Crippen LogP contribution in [0.1, 0.15) is 120 Å². The van der Waals surface area contributed by atoms with Crippen molar-refractivity contribution in [3.63, 3.8) is 0 Å². The van der Waals surface area contributed by atoms with E-state index in [-0.39, 0.29) is 24.8 Å². The van der Waals surface area contributed by atoms with E-state index in [2.05, 4.69) is 74.5 Å². The van der Waals surface area contributed by atoms with Crippen LogP contribution in [-0.4, -0.2) is 3.21 Å². The molecular weight excluding hydrogens is 583 g/mol. The number of hydrogen-bond donors (Lipinski definition) is 0. The van der Waals surface area contributed by atoms with Crippen molar-refractivity contribution < 1.29 is 46.1 Å². The summed E-state index contributed by atoms with van der Waals surface area (Å²) in [4.78, 5) is 0. The largest absolute Gasteiger partial charge is 1.00 e. The Hall–Kier alpha value is -0.747. The van der Waals surface area contributed by atoms with Crippen LogP contribution in [0.2, 0.25) is 0 Å². The molecule has 0 heterocycles. The molecule has 2 aromatic carbocycles. The quantitative estimate of drug-likeness (QED) is 0.450. The second kappa shape index (κ2) is 13.7. The molecule has 4 aliphatic rings. The number of fused-ring (bicyclic) bond motifs is 2. The molecule has 3 heteroatoms. The van der Waals surface area contributed by atoms with Gasteiger partial charge in [0.1, 0.15) is 0 Å². The predicted molar refractivity (Wildman–Crippen MR) is 153 cm³/mol. The van der Waals surface area contributed by atoms with Crippen LogP contribution in [-0.2, 0) is 21.3 Å². The Bertz CT molecular complexity index is 1100. The fourth-order valence-electron chi connectivity index (χ4n) is 8.00. The third-order valence-electron chi connectivity index (χ3n) is 9.74. The molecule has 0 N–H and O–H groups in total. The van der Waals surface area contributed by atoms with Crippen molar-refractivity contribution in [2.45, 2.75) is 98.1 Å². The number of hydrogen-bond acceptors (Lipinski definition) is 0. The molecule has 0 nitrogen and oxygen atoms in total. The first-order valence-electron chi connectivity index (χ1n) is 15.0. The Labute approximate surface area is 251 Å². The van der Waals surface area contributed by atoms with Crippen molar-refractivity contribution in [3.05, 3.63) is 82.9 Å². The van der Waals surface area contributed by atoms with Crippen LogP contribution in [0.3, 0.4) is 0 Å². The van der Waals surface area contributed by atoms with E-state index < -0.39 is 21.3 Å². The summed E-state index contributed by atoms with van der Waals surface area (Å²) in [6, 6.07) is 19.2. The summed E-state index contributed by atoms with van der Waals surface area (Å²) in [7, 11) is 0. The number of benzene rings is 2. The Kier molecular flexibility index (Phi) is 10.9. The molecule has 2 atom stereocenters. The molecule has 4 aliphatic carbocycles. The molecule has 202 valence electrons. The van der Waals surface area contributed by atoms with Gasteiger partial charge >= 0.3 is 229 Å². The van der Waals surface area contributed by atoms with E-state index in [0.717, 1.165) is 11.8 Å². The predicted octanol–water partition coefficient (Wildman–Crippen LogP) is 4.04. The molecule has 0 bridgehead atoms. The van der Waals surface area contributed by atoms with Gasteiger partial charge in [-0.1, -0.05) is 0 Å². The first-order chi connectivity index (χ1) is 17.7. The van der Waals surface area contributed by atoms with Crippen molar-refractivity contribution in [2.75, 3.05) is 0 Å². The molecule has 6 rings (SSSR count). The van der Waals surface area contributed by atoms with E-state index in [1.807, 2.05) is 0 Å². The minimum atomic E-state index is -2.10. The topological polar surface area (TPSA) is 0 Å². The summed E-state index contributed by atoms with van der Waals surface area (Å²) in [5, 5.41) is 0. The monoisotopic (exact) mass is 624 g/mol. The van der Waals surface area contributed by atoms with Crippen LogP contribution >= 0.6 is 0 Å². The van der Waals surface area contributed by atoms with Gasteiger partial charge in [0.2, 0.25) is 0 Å². The second-order valence-electron chi connectivity index (χ2n) is 12.2. The minimum Gasteiger partial charge on any atom is -1.00 e. The van der Waals surface area contributed by atoms with Gasteiger partial charge in [0, 0.05) is 0 Å². The van der Waals surface area contributed by atoms with Crippen LogP contribution in [0.25, 0.3) is 11.1 Å². The third-order valence-corrected chi connectivity index (χ3v) is 18.2. The normalized spacial score (nSPS) is 23.3. The molecule has 2 saturated carbocycles. The average molecular weight is 627 g/mol. The number of allylic oxidation sites excluding steroid dienone is 4. The van der Waals surface area contributed by atoms with Gasteiger partial charge in [0.15, 0.2) is 0 Å². The summed E-state index contributed by atoms with van der Waals surface area (Å²) in [5.41, 5.74) is 10.1. The van der Waals surface area contributed by atoms with Crippen LogP contribution in [0.4, 0.5) is 0 Å². The van der Waals surface area contributed by atoms with E-state index in [0.29, 0.717) is 7.25 Å². The van der Waals surface area contributed by atoms with Gasteiger partial charge in [-0.2, -0.15) is 0 Å². The standard InChI is InChI=1S/2C16H19.C3H6.2ClH.Zr/c2*1-2-4-8-13(7-3-1)16-12-11-14-9-5-6-10-15(14)16;1-3-2;;;/h2*5-6,9-13H,1-4,7-8H2;1-2H3;2*1H;/q;;;;;+2/p-2. The third kappa shape index (κ3) is 5.97. The van der Waals surface area contributed by atoms with Gasteiger partial charge in [0.25, 0.3) is 0 Å². The Morgan fingerprint density at radius 2 is 0.921 bits per heavy atom.